The molecule has 0 radical (unpaired) electrons. The predicted octanol–water partition coefficient (Wildman–Crippen LogP) is 4.52. The van der Waals surface area contributed by atoms with Gasteiger partial charge in [-0.3, -0.25) is 0 Å². The minimum atomic E-state index is -0.725. The van der Waals surface area contributed by atoms with Crippen molar-refractivity contribution in [3.63, 3.8) is 0 Å². The standard InChI is InChI=1S/C10H10BrF.C5H11NO2/c1-10(4-5-10)7-2-3-8(11)9(12)6-7;1-5(2,3)8-4(6)7/h2-3,6H,4-5H2,1H3;1-3H3,(H2,6,7). The van der Waals surface area contributed by atoms with E-state index in [1.54, 1.807) is 32.9 Å². The molecule has 3 nitrogen and oxygen atoms in total. The van der Waals surface area contributed by atoms with E-state index in [9.17, 15) is 9.18 Å². The first kappa shape index (κ1) is 17.0. The molecule has 0 aromatic heterocycles. The molecule has 1 aliphatic rings. The molecule has 0 aliphatic heterocycles. The van der Waals surface area contributed by atoms with E-state index in [1.807, 2.05) is 6.07 Å². The predicted molar refractivity (Wildman–Crippen MR) is 81.1 cm³/mol. The van der Waals surface area contributed by atoms with E-state index in [2.05, 4.69) is 27.6 Å². The highest BCUT2D eigenvalue weighted by Gasteiger charge is 2.39. The number of carbonyl (C=O) groups excluding carboxylic acids is 1. The Labute approximate surface area is 127 Å². The summed E-state index contributed by atoms with van der Waals surface area (Å²) in [5, 5.41) is 0. The van der Waals surface area contributed by atoms with Crippen LogP contribution in [0.5, 0.6) is 0 Å². The van der Waals surface area contributed by atoms with E-state index in [1.165, 1.54) is 12.8 Å². The van der Waals surface area contributed by atoms with Gasteiger partial charge in [0.1, 0.15) is 11.4 Å². The number of hydrogen-bond donors (Lipinski definition) is 1. The van der Waals surface area contributed by atoms with Crippen molar-refractivity contribution in [2.75, 3.05) is 0 Å². The molecule has 5 heteroatoms. The molecule has 1 aliphatic carbocycles. The highest BCUT2D eigenvalue weighted by molar-refractivity contribution is 9.10. The van der Waals surface area contributed by atoms with Crippen LogP contribution in [0.4, 0.5) is 9.18 Å². The van der Waals surface area contributed by atoms with Gasteiger partial charge in [0.25, 0.3) is 0 Å². The van der Waals surface area contributed by atoms with E-state index < -0.39 is 11.7 Å². The van der Waals surface area contributed by atoms with Gasteiger partial charge >= 0.3 is 6.09 Å². The molecule has 2 N–H and O–H groups in total. The van der Waals surface area contributed by atoms with Gasteiger partial charge in [0.15, 0.2) is 0 Å². The molecule has 0 unspecified atom stereocenters. The Morgan fingerprint density at radius 2 is 1.95 bits per heavy atom. The van der Waals surface area contributed by atoms with Crippen LogP contribution in [0.2, 0.25) is 0 Å². The Hall–Kier alpha value is -1.10. The average Bonchev–Trinajstić information content (AvgIpc) is 2.99. The maximum absolute atomic E-state index is 13.1. The normalized spacial score (nSPS) is 15.9. The number of nitrogens with two attached hydrogens (primary N) is 1. The molecule has 1 aromatic rings. The van der Waals surface area contributed by atoms with Gasteiger partial charge in [0.05, 0.1) is 4.47 Å². The van der Waals surface area contributed by atoms with Crippen LogP contribution < -0.4 is 5.73 Å². The molecule has 1 amide bonds. The smallest absolute Gasteiger partial charge is 0.405 e. The monoisotopic (exact) mass is 345 g/mol. The third-order valence-electron chi connectivity index (χ3n) is 3.02. The van der Waals surface area contributed by atoms with Gasteiger partial charge in [-0.2, -0.15) is 0 Å². The van der Waals surface area contributed by atoms with E-state index in [-0.39, 0.29) is 11.2 Å². The molecule has 1 fully saturated rings. The van der Waals surface area contributed by atoms with Crippen molar-refractivity contribution in [1.29, 1.82) is 0 Å². The van der Waals surface area contributed by atoms with Crippen LogP contribution in [0.15, 0.2) is 22.7 Å². The third-order valence-corrected chi connectivity index (χ3v) is 3.67. The summed E-state index contributed by atoms with van der Waals surface area (Å²) in [6, 6.07) is 5.42. The number of carbonyl (C=O) groups is 1. The van der Waals surface area contributed by atoms with Crippen molar-refractivity contribution in [3.8, 4) is 0 Å². The quantitative estimate of drug-likeness (QED) is 0.813. The highest BCUT2D eigenvalue weighted by atomic mass is 79.9. The lowest BCUT2D eigenvalue weighted by Gasteiger charge is -2.16. The van der Waals surface area contributed by atoms with E-state index >= 15 is 0 Å². The number of ether oxygens (including phenoxy) is 1. The Morgan fingerprint density at radius 3 is 2.25 bits per heavy atom. The molecule has 0 spiro atoms. The summed E-state index contributed by atoms with van der Waals surface area (Å²) in [7, 11) is 0. The van der Waals surface area contributed by atoms with Gasteiger partial charge in [-0.15, -0.1) is 0 Å². The zero-order valence-corrected chi connectivity index (χ0v) is 13.9. The fourth-order valence-electron chi connectivity index (χ4n) is 1.65. The lowest BCUT2D eigenvalue weighted by Crippen LogP contribution is -2.27. The van der Waals surface area contributed by atoms with Crippen molar-refractivity contribution in [3.05, 3.63) is 34.1 Å². The second-order valence-corrected chi connectivity index (χ2v) is 7.08. The molecule has 112 valence electrons. The Morgan fingerprint density at radius 1 is 1.40 bits per heavy atom. The first-order valence-corrected chi connectivity index (χ1v) is 7.27. The van der Waals surface area contributed by atoms with Crippen LogP contribution in [0.1, 0.15) is 46.1 Å². The van der Waals surface area contributed by atoms with Gasteiger partial charge in [-0.05, 0) is 72.7 Å². The second-order valence-electron chi connectivity index (χ2n) is 6.22. The summed E-state index contributed by atoms with van der Waals surface area (Å²) in [5.74, 6) is -0.152. The number of rotatable bonds is 1. The molecular formula is C15H21BrFNO2. The van der Waals surface area contributed by atoms with Crippen LogP contribution in [0, 0.1) is 5.82 Å². The fourth-order valence-corrected chi connectivity index (χ4v) is 1.90. The zero-order valence-electron chi connectivity index (χ0n) is 12.3. The number of hydrogen-bond acceptors (Lipinski definition) is 2. The molecule has 0 heterocycles. The summed E-state index contributed by atoms with van der Waals surface area (Å²) in [6.45, 7) is 7.46. The summed E-state index contributed by atoms with van der Waals surface area (Å²) < 4.78 is 18.2. The largest absolute Gasteiger partial charge is 0.444 e. The van der Waals surface area contributed by atoms with Crippen molar-refractivity contribution in [2.24, 2.45) is 5.73 Å². The SMILES string of the molecule is CC(C)(C)OC(N)=O.CC1(c2ccc(Br)c(F)c2)CC1. The Bertz CT molecular complexity index is 493. The van der Waals surface area contributed by atoms with Gasteiger partial charge < -0.3 is 10.5 Å². The summed E-state index contributed by atoms with van der Waals surface area (Å²) >= 11 is 3.14. The van der Waals surface area contributed by atoms with Crippen molar-refractivity contribution < 1.29 is 13.9 Å². The molecule has 0 atom stereocenters. The number of halogens is 2. The summed E-state index contributed by atoms with van der Waals surface area (Å²) in [5.41, 5.74) is 5.66. The van der Waals surface area contributed by atoms with Crippen LogP contribution in [0.25, 0.3) is 0 Å². The molecular weight excluding hydrogens is 325 g/mol. The number of primary amides is 1. The van der Waals surface area contributed by atoms with Crippen LogP contribution in [-0.4, -0.2) is 11.7 Å². The lowest BCUT2D eigenvalue weighted by atomic mass is 9.99. The van der Waals surface area contributed by atoms with E-state index in [4.69, 9.17) is 5.73 Å². The maximum atomic E-state index is 13.1. The first-order chi connectivity index (χ1) is 9.03. The molecule has 2 rings (SSSR count). The Kier molecular flexibility index (Phi) is 5.19. The van der Waals surface area contributed by atoms with Crippen molar-refractivity contribution >= 4 is 22.0 Å². The molecule has 0 saturated heterocycles. The van der Waals surface area contributed by atoms with Gasteiger partial charge in [0.2, 0.25) is 0 Å². The zero-order chi connectivity index (χ0) is 15.6. The van der Waals surface area contributed by atoms with Crippen LogP contribution in [0.3, 0.4) is 0 Å². The van der Waals surface area contributed by atoms with Crippen LogP contribution >= 0.6 is 15.9 Å². The molecule has 1 saturated carbocycles. The summed E-state index contributed by atoms with van der Waals surface area (Å²) in [6.07, 6.45) is 1.65. The van der Waals surface area contributed by atoms with Gasteiger partial charge in [0, 0.05) is 0 Å². The lowest BCUT2D eigenvalue weighted by molar-refractivity contribution is 0.0600. The summed E-state index contributed by atoms with van der Waals surface area (Å²) in [4.78, 5) is 10.0. The number of benzene rings is 1. The minimum absolute atomic E-state index is 0.152. The maximum Gasteiger partial charge on any atom is 0.405 e. The topological polar surface area (TPSA) is 52.3 Å². The fraction of sp³-hybridized carbons (Fsp3) is 0.533. The molecule has 0 bridgehead atoms. The van der Waals surface area contributed by atoms with Gasteiger partial charge in [-0.25, -0.2) is 9.18 Å². The molecule has 1 aromatic carbocycles. The third kappa shape index (κ3) is 5.49. The number of amides is 1. The van der Waals surface area contributed by atoms with Crippen molar-refractivity contribution in [1.82, 2.24) is 0 Å². The second kappa shape index (κ2) is 6.12. The van der Waals surface area contributed by atoms with Crippen LogP contribution in [-0.2, 0) is 10.2 Å². The van der Waals surface area contributed by atoms with Gasteiger partial charge in [-0.1, -0.05) is 13.0 Å². The van der Waals surface area contributed by atoms with E-state index in [0.717, 1.165) is 5.56 Å². The minimum Gasteiger partial charge on any atom is -0.444 e. The highest BCUT2D eigenvalue weighted by Crippen LogP contribution is 2.47. The van der Waals surface area contributed by atoms with Crippen molar-refractivity contribution in [2.45, 2.75) is 51.6 Å². The first-order valence-electron chi connectivity index (χ1n) is 6.47. The Balaban J connectivity index is 0.000000221. The average molecular weight is 346 g/mol. The van der Waals surface area contributed by atoms with E-state index in [0.29, 0.717) is 4.47 Å². The molecule has 20 heavy (non-hydrogen) atoms.